The maximum Gasteiger partial charge on any atom is 0.290 e. The molecule has 4 nitrogen and oxygen atoms in total. The zero-order valence-corrected chi connectivity index (χ0v) is 8.29. The monoisotopic (exact) mass is 193 g/mol. The molecule has 2 rings (SSSR count). The predicted molar refractivity (Wildman–Crippen MR) is 55.3 cm³/mol. The number of aromatic amines is 1. The molecule has 0 aliphatic heterocycles. The van der Waals surface area contributed by atoms with E-state index in [4.69, 9.17) is 0 Å². The summed E-state index contributed by atoms with van der Waals surface area (Å²) in [5.74, 6) is 1.21. The summed E-state index contributed by atoms with van der Waals surface area (Å²) < 4.78 is 0. The molecule has 1 heterocycles. The first-order valence-corrected chi connectivity index (χ1v) is 5.06. The maximum atomic E-state index is 11.3. The van der Waals surface area contributed by atoms with Crippen LogP contribution in [0.3, 0.4) is 0 Å². The number of anilines is 1. The Morgan fingerprint density at radius 2 is 2.43 bits per heavy atom. The molecule has 1 aliphatic rings. The average Bonchev–Trinajstić information content (AvgIpc) is 2.56. The first kappa shape index (κ1) is 9.24. The molecule has 0 spiro atoms. The number of nitrogens with one attached hydrogen (secondary N) is 2. The second-order valence-electron chi connectivity index (χ2n) is 4.03. The van der Waals surface area contributed by atoms with E-state index in [2.05, 4.69) is 22.2 Å². The Labute approximate surface area is 82.8 Å². The van der Waals surface area contributed by atoms with E-state index in [-0.39, 0.29) is 5.56 Å². The van der Waals surface area contributed by atoms with Crippen molar-refractivity contribution in [2.45, 2.75) is 32.2 Å². The third kappa shape index (κ3) is 1.95. The lowest BCUT2D eigenvalue weighted by Gasteiger charge is -2.11. The van der Waals surface area contributed by atoms with Gasteiger partial charge >= 0.3 is 0 Å². The van der Waals surface area contributed by atoms with Crippen LogP contribution in [0.5, 0.6) is 0 Å². The van der Waals surface area contributed by atoms with Crippen molar-refractivity contribution in [1.29, 1.82) is 0 Å². The third-order valence-corrected chi connectivity index (χ3v) is 2.74. The van der Waals surface area contributed by atoms with Crippen LogP contribution in [0.15, 0.2) is 17.2 Å². The first-order valence-electron chi connectivity index (χ1n) is 5.06. The van der Waals surface area contributed by atoms with Gasteiger partial charge in [0.2, 0.25) is 0 Å². The fourth-order valence-electron chi connectivity index (χ4n) is 1.99. The Balaban J connectivity index is 2.04. The molecule has 2 N–H and O–H groups in total. The molecule has 1 fully saturated rings. The molecule has 0 bridgehead atoms. The highest BCUT2D eigenvalue weighted by Gasteiger charge is 2.21. The molecule has 1 aliphatic carbocycles. The minimum atomic E-state index is -0.132. The molecule has 76 valence electrons. The minimum absolute atomic E-state index is 0.132. The van der Waals surface area contributed by atoms with Crippen molar-refractivity contribution in [3.63, 3.8) is 0 Å². The summed E-state index contributed by atoms with van der Waals surface area (Å²) in [6.45, 7) is 2.24. The van der Waals surface area contributed by atoms with E-state index in [1.807, 2.05) is 0 Å². The van der Waals surface area contributed by atoms with Crippen LogP contribution < -0.4 is 10.9 Å². The van der Waals surface area contributed by atoms with Gasteiger partial charge in [-0.1, -0.05) is 6.92 Å². The maximum absolute atomic E-state index is 11.3. The average molecular weight is 193 g/mol. The molecule has 0 radical (unpaired) electrons. The number of H-pyrrole nitrogens is 1. The predicted octanol–water partition coefficient (Wildman–Crippen LogP) is 1.37. The Morgan fingerprint density at radius 1 is 1.57 bits per heavy atom. The molecule has 1 saturated carbocycles. The minimum Gasteiger partial charge on any atom is -0.363 e. The fourth-order valence-corrected chi connectivity index (χ4v) is 1.99. The topological polar surface area (TPSA) is 57.8 Å². The molecule has 0 saturated heterocycles. The van der Waals surface area contributed by atoms with Crippen LogP contribution in [0.2, 0.25) is 0 Å². The zero-order chi connectivity index (χ0) is 9.97. The van der Waals surface area contributed by atoms with Gasteiger partial charge in [-0.05, 0) is 25.2 Å². The lowest BCUT2D eigenvalue weighted by atomic mass is 10.1. The summed E-state index contributed by atoms with van der Waals surface area (Å²) in [5, 5.41) is 3.18. The van der Waals surface area contributed by atoms with Gasteiger partial charge in [0.05, 0.1) is 0 Å². The van der Waals surface area contributed by atoms with Crippen LogP contribution in [0.1, 0.15) is 26.2 Å². The zero-order valence-electron chi connectivity index (χ0n) is 8.29. The second-order valence-corrected chi connectivity index (χ2v) is 4.03. The standard InChI is InChI=1S/C10H15N3O/c1-7-2-3-8(6-7)13-9-10(14)12-5-4-11-9/h4-5,7-8H,2-3,6H2,1H3,(H,11,13)(H,12,14). The van der Waals surface area contributed by atoms with Gasteiger partial charge < -0.3 is 10.3 Å². The van der Waals surface area contributed by atoms with E-state index in [9.17, 15) is 4.79 Å². The van der Waals surface area contributed by atoms with Crippen molar-refractivity contribution >= 4 is 5.82 Å². The van der Waals surface area contributed by atoms with Gasteiger partial charge in [0.1, 0.15) is 0 Å². The number of hydrogen-bond donors (Lipinski definition) is 2. The smallest absolute Gasteiger partial charge is 0.290 e. The van der Waals surface area contributed by atoms with E-state index in [0.29, 0.717) is 11.9 Å². The molecule has 0 amide bonds. The summed E-state index contributed by atoms with van der Waals surface area (Å²) in [6, 6.07) is 0.418. The van der Waals surface area contributed by atoms with Crippen molar-refractivity contribution < 1.29 is 0 Å². The molecule has 4 heteroatoms. The van der Waals surface area contributed by atoms with Crippen molar-refractivity contribution in [2.24, 2.45) is 5.92 Å². The van der Waals surface area contributed by atoms with Crippen LogP contribution >= 0.6 is 0 Å². The Kier molecular flexibility index (Phi) is 2.52. The highest BCUT2D eigenvalue weighted by molar-refractivity contribution is 5.31. The molecule has 14 heavy (non-hydrogen) atoms. The molecule has 2 atom stereocenters. The summed E-state index contributed by atoms with van der Waals surface area (Å²) in [5.41, 5.74) is -0.132. The highest BCUT2D eigenvalue weighted by atomic mass is 16.1. The van der Waals surface area contributed by atoms with E-state index < -0.39 is 0 Å². The van der Waals surface area contributed by atoms with E-state index in [1.165, 1.54) is 6.42 Å². The SMILES string of the molecule is CC1CCC(Nc2ncc[nH]c2=O)C1. The van der Waals surface area contributed by atoms with Crippen LogP contribution in [0, 0.1) is 5.92 Å². The van der Waals surface area contributed by atoms with Crippen LogP contribution in [-0.4, -0.2) is 16.0 Å². The summed E-state index contributed by atoms with van der Waals surface area (Å²) >= 11 is 0. The number of hydrogen-bond acceptors (Lipinski definition) is 3. The van der Waals surface area contributed by atoms with Gasteiger partial charge in [-0.15, -0.1) is 0 Å². The van der Waals surface area contributed by atoms with Gasteiger partial charge in [-0.25, -0.2) is 4.98 Å². The van der Waals surface area contributed by atoms with Gasteiger partial charge in [-0.2, -0.15) is 0 Å². The quantitative estimate of drug-likeness (QED) is 0.745. The van der Waals surface area contributed by atoms with Gasteiger partial charge in [0.25, 0.3) is 5.56 Å². The summed E-state index contributed by atoms with van der Waals surface area (Å²) in [4.78, 5) is 17.9. The Morgan fingerprint density at radius 3 is 3.07 bits per heavy atom. The van der Waals surface area contributed by atoms with Crippen LogP contribution in [-0.2, 0) is 0 Å². The van der Waals surface area contributed by atoms with Gasteiger partial charge in [-0.3, -0.25) is 4.79 Å². The summed E-state index contributed by atoms with van der Waals surface area (Å²) in [6.07, 6.45) is 6.66. The lowest BCUT2D eigenvalue weighted by molar-refractivity contribution is 0.602. The number of aromatic nitrogens is 2. The highest BCUT2D eigenvalue weighted by Crippen LogP contribution is 2.26. The molecule has 1 aromatic heterocycles. The number of nitrogens with zero attached hydrogens (tertiary/aromatic N) is 1. The van der Waals surface area contributed by atoms with Crippen molar-refractivity contribution in [1.82, 2.24) is 9.97 Å². The van der Waals surface area contributed by atoms with Gasteiger partial charge in [0, 0.05) is 18.4 Å². The Hall–Kier alpha value is -1.32. The lowest BCUT2D eigenvalue weighted by Crippen LogP contribution is -2.22. The van der Waals surface area contributed by atoms with E-state index in [0.717, 1.165) is 18.8 Å². The largest absolute Gasteiger partial charge is 0.363 e. The van der Waals surface area contributed by atoms with Crippen molar-refractivity contribution in [3.05, 3.63) is 22.7 Å². The fraction of sp³-hybridized carbons (Fsp3) is 0.600. The third-order valence-electron chi connectivity index (χ3n) is 2.74. The van der Waals surface area contributed by atoms with E-state index >= 15 is 0 Å². The normalized spacial score (nSPS) is 26.4. The van der Waals surface area contributed by atoms with E-state index in [1.54, 1.807) is 12.4 Å². The van der Waals surface area contributed by atoms with Crippen LogP contribution in [0.25, 0.3) is 0 Å². The number of rotatable bonds is 2. The Bertz CT molecular complexity index is 360. The van der Waals surface area contributed by atoms with Crippen molar-refractivity contribution in [2.75, 3.05) is 5.32 Å². The molecule has 1 aromatic rings. The van der Waals surface area contributed by atoms with Gasteiger partial charge in [0.15, 0.2) is 5.82 Å². The molecular weight excluding hydrogens is 178 g/mol. The molecular formula is C10H15N3O. The molecule has 0 aromatic carbocycles. The summed E-state index contributed by atoms with van der Waals surface area (Å²) in [7, 11) is 0. The first-order chi connectivity index (χ1) is 6.75. The van der Waals surface area contributed by atoms with Crippen molar-refractivity contribution in [3.8, 4) is 0 Å². The molecule has 2 unspecified atom stereocenters. The van der Waals surface area contributed by atoms with Crippen LogP contribution in [0.4, 0.5) is 5.82 Å². The second kappa shape index (κ2) is 3.82.